The van der Waals surface area contributed by atoms with E-state index in [0.29, 0.717) is 12.8 Å². The number of rotatable bonds is 3. The lowest BCUT2D eigenvalue weighted by molar-refractivity contribution is -0.158. The molecule has 0 aromatic rings. The van der Waals surface area contributed by atoms with E-state index in [1.54, 1.807) is 25.5 Å². The van der Waals surface area contributed by atoms with E-state index in [9.17, 15) is 18.0 Å². The molecule has 1 N–H and O–H groups in total. The lowest BCUT2D eigenvalue weighted by atomic mass is 10.2. The molecule has 9 heteroatoms. The second-order valence-corrected chi connectivity index (χ2v) is 7.02. The van der Waals surface area contributed by atoms with Gasteiger partial charge in [0, 0.05) is 6.54 Å². The monoisotopic (exact) mass is 308 g/mol. The molecular formula is C11H20N2O6S. The van der Waals surface area contributed by atoms with Crippen molar-refractivity contribution in [1.29, 1.82) is 0 Å². The van der Waals surface area contributed by atoms with Gasteiger partial charge in [-0.1, -0.05) is 0 Å². The van der Waals surface area contributed by atoms with E-state index in [1.807, 2.05) is 0 Å². The zero-order valence-corrected chi connectivity index (χ0v) is 12.8. The van der Waals surface area contributed by atoms with Crippen LogP contribution in [0.15, 0.2) is 0 Å². The minimum atomic E-state index is -4.11. The summed E-state index contributed by atoms with van der Waals surface area (Å²) < 4.78 is 36.1. The molecular weight excluding hydrogens is 288 g/mol. The van der Waals surface area contributed by atoms with Gasteiger partial charge in [0.1, 0.15) is 11.6 Å². The number of hydrogen-bond acceptors (Lipinski definition) is 6. The maximum absolute atomic E-state index is 12.0. The molecule has 1 fully saturated rings. The summed E-state index contributed by atoms with van der Waals surface area (Å²) in [6, 6.07) is -0.920. The number of carbonyl (C=O) groups is 2. The van der Waals surface area contributed by atoms with Crippen molar-refractivity contribution in [2.45, 2.75) is 45.3 Å². The Bertz CT molecular complexity index is 482. The van der Waals surface area contributed by atoms with E-state index in [1.165, 1.54) is 0 Å². The maximum Gasteiger partial charge on any atom is 0.421 e. The van der Waals surface area contributed by atoms with Crippen LogP contribution in [0.2, 0.25) is 0 Å². The molecule has 0 aliphatic carbocycles. The fourth-order valence-corrected chi connectivity index (χ4v) is 3.15. The van der Waals surface area contributed by atoms with Crippen molar-refractivity contribution in [3.8, 4) is 0 Å². The zero-order chi connectivity index (χ0) is 15.6. The largest absolute Gasteiger partial charge is 0.459 e. The van der Waals surface area contributed by atoms with Crippen LogP contribution in [-0.2, 0) is 24.5 Å². The highest BCUT2D eigenvalue weighted by atomic mass is 32.2. The van der Waals surface area contributed by atoms with Crippen molar-refractivity contribution in [2.75, 3.05) is 13.7 Å². The number of esters is 1. The molecule has 0 unspecified atom stereocenters. The zero-order valence-electron chi connectivity index (χ0n) is 12.0. The minimum absolute atomic E-state index is 0.149. The average molecular weight is 308 g/mol. The van der Waals surface area contributed by atoms with E-state index in [4.69, 9.17) is 4.74 Å². The van der Waals surface area contributed by atoms with Crippen LogP contribution in [0.5, 0.6) is 0 Å². The van der Waals surface area contributed by atoms with Gasteiger partial charge in [-0.2, -0.15) is 12.7 Å². The molecule has 1 amide bonds. The number of hydrogen-bond donors (Lipinski definition) is 1. The van der Waals surface area contributed by atoms with Crippen LogP contribution in [0.1, 0.15) is 33.6 Å². The summed E-state index contributed by atoms with van der Waals surface area (Å²) in [5, 5.41) is 0. The predicted octanol–water partition coefficient (Wildman–Crippen LogP) is 0.393. The molecule has 1 saturated heterocycles. The molecule has 1 heterocycles. The first-order valence-corrected chi connectivity index (χ1v) is 7.61. The van der Waals surface area contributed by atoms with Crippen LogP contribution in [0.4, 0.5) is 4.79 Å². The number of carbonyl (C=O) groups excluding carboxylic acids is 2. The molecule has 8 nitrogen and oxygen atoms in total. The van der Waals surface area contributed by atoms with Gasteiger partial charge in [0.25, 0.3) is 0 Å². The third-order valence-corrected chi connectivity index (χ3v) is 4.07. The molecule has 1 aliphatic rings. The molecule has 1 aliphatic heterocycles. The number of nitrogens with one attached hydrogen (secondary N) is 1. The van der Waals surface area contributed by atoms with E-state index >= 15 is 0 Å². The lowest BCUT2D eigenvalue weighted by Gasteiger charge is -2.26. The van der Waals surface area contributed by atoms with Gasteiger partial charge < -0.3 is 9.47 Å². The number of nitrogens with zero attached hydrogens (tertiary/aromatic N) is 1. The van der Waals surface area contributed by atoms with Gasteiger partial charge in [0.2, 0.25) is 0 Å². The minimum Gasteiger partial charge on any atom is -0.459 e. The number of amides is 1. The van der Waals surface area contributed by atoms with Crippen molar-refractivity contribution in [3.05, 3.63) is 0 Å². The molecule has 1 rings (SSSR count). The van der Waals surface area contributed by atoms with Gasteiger partial charge in [-0.15, -0.1) is 0 Å². The van der Waals surface area contributed by atoms with Crippen molar-refractivity contribution in [3.63, 3.8) is 0 Å². The average Bonchev–Trinajstić information content (AvgIpc) is 2.75. The highest BCUT2D eigenvalue weighted by Crippen LogP contribution is 2.23. The Morgan fingerprint density at radius 3 is 2.40 bits per heavy atom. The Morgan fingerprint density at radius 2 is 1.90 bits per heavy atom. The Labute approximate surface area is 118 Å². The lowest BCUT2D eigenvalue weighted by Crippen LogP contribution is -2.49. The van der Waals surface area contributed by atoms with Gasteiger partial charge in [-0.3, -0.25) is 4.79 Å². The molecule has 0 aromatic carbocycles. The Balaban J connectivity index is 2.84. The molecule has 0 aromatic heterocycles. The quantitative estimate of drug-likeness (QED) is 0.757. The van der Waals surface area contributed by atoms with Crippen LogP contribution in [0.25, 0.3) is 0 Å². The molecule has 1 atom stereocenters. The van der Waals surface area contributed by atoms with E-state index in [-0.39, 0.29) is 6.54 Å². The second kappa shape index (κ2) is 5.96. The molecule has 0 spiro atoms. The standard InChI is InChI=1S/C11H20N2O6S/c1-11(2,3)19-9(14)8-6-5-7-13(8)20(16,17)12-10(15)18-4/h8H,5-7H2,1-4H3,(H,12,15)/t8-/m0/s1. The summed E-state index contributed by atoms with van der Waals surface area (Å²) in [6.07, 6.45) is -0.219. The molecule has 0 radical (unpaired) electrons. The van der Waals surface area contributed by atoms with E-state index < -0.39 is 33.9 Å². The van der Waals surface area contributed by atoms with Crippen LogP contribution >= 0.6 is 0 Å². The first-order chi connectivity index (χ1) is 9.07. The summed E-state index contributed by atoms with van der Waals surface area (Å²) in [4.78, 5) is 23.0. The van der Waals surface area contributed by atoms with Gasteiger partial charge in [-0.05, 0) is 33.6 Å². The van der Waals surface area contributed by atoms with Crippen LogP contribution in [0.3, 0.4) is 0 Å². The molecule has 0 bridgehead atoms. The predicted molar refractivity (Wildman–Crippen MR) is 70.0 cm³/mol. The first kappa shape index (κ1) is 16.7. The summed E-state index contributed by atoms with van der Waals surface area (Å²) in [7, 11) is -3.06. The first-order valence-electron chi connectivity index (χ1n) is 6.17. The normalized spacial score (nSPS) is 20.5. The summed E-state index contributed by atoms with van der Waals surface area (Å²) in [5.41, 5.74) is -0.703. The third-order valence-electron chi connectivity index (χ3n) is 2.59. The summed E-state index contributed by atoms with van der Waals surface area (Å²) in [6.45, 7) is 5.25. The topological polar surface area (TPSA) is 102 Å². The van der Waals surface area contributed by atoms with E-state index in [2.05, 4.69) is 4.74 Å². The fraction of sp³-hybridized carbons (Fsp3) is 0.818. The van der Waals surface area contributed by atoms with Crippen molar-refractivity contribution in [2.24, 2.45) is 0 Å². The molecule has 116 valence electrons. The SMILES string of the molecule is COC(=O)NS(=O)(=O)N1CCC[C@H]1C(=O)OC(C)(C)C. The Morgan fingerprint density at radius 1 is 1.30 bits per heavy atom. The highest BCUT2D eigenvalue weighted by Gasteiger charge is 2.41. The van der Waals surface area contributed by atoms with Crippen molar-refractivity contribution >= 4 is 22.3 Å². The molecule has 20 heavy (non-hydrogen) atoms. The van der Waals surface area contributed by atoms with Gasteiger partial charge in [0.05, 0.1) is 7.11 Å². The van der Waals surface area contributed by atoms with Crippen molar-refractivity contribution < 1.29 is 27.5 Å². The maximum atomic E-state index is 12.0. The number of ether oxygens (including phenoxy) is 2. The second-order valence-electron chi connectivity index (χ2n) is 5.40. The van der Waals surface area contributed by atoms with Gasteiger partial charge in [-0.25, -0.2) is 9.52 Å². The van der Waals surface area contributed by atoms with Crippen LogP contribution in [0, 0.1) is 0 Å². The van der Waals surface area contributed by atoms with Crippen LogP contribution in [-0.4, -0.2) is 50.1 Å². The Kier molecular flexibility index (Phi) is 4.98. The third kappa shape index (κ3) is 4.34. The number of methoxy groups -OCH3 is 1. The highest BCUT2D eigenvalue weighted by molar-refractivity contribution is 7.87. The smallest absolute Gasteiger partial charge is 0.421 e. The fourth-order valence-electron chi connectivity index (χ4n) is 1.84. The Hall–Kier alpha value is -1.35. The van der Waals surface area contributed by atoms with Crippen LogP contribution < -0.4 is 4.72 Å². The summed E-state index contributed by atoms with van der Waals surface area (Å²) in [5.74, 6) is -0.620. The van der Waals surface area contributed by atoms with Gasteiger partial charge >= 0.3 is 22.3 Å². The summed E-state index contributed by atoms with van der Waals surface area (Å²) >= 11 is 0. The van der Waals surface area contributed by atoms with E-state index in [0.717, 1.165) is 11.4 Å². The molecule has 0 saturated carbocycles. The van der Waals surface area contributed by atoms with Gasteiger partial charge in [0.15, 0.2) is 0 Å². The van der Waals surface area contributed by atoms with Crippen molar-refractivity contribution in [1.82, 2.24) is 9.03 Å².